The topological polar surface area (TPSA) is 91.6 Å². The third-order valence-electron chi connectivity index (χ3n) is 5.55. The van der Waals surface area contributed by atoms with Crippen LogP contribution in [0.1, 0.15) is 22.3 Å². The second-order valence-corrected chi connectivity index (χ2v) is 7.64. The first-order valence-electron chi connectivity index (χ1n) is 10.0. The summed E-state index contributed by atoms with van der Waals surface area (Å²) in [4.78, 5) is 35.3. The van der Waals surface area contributed by atoms with E-state index in [0.717, 1.165) is 10.8 Å². The Morgan fingerprint density at radius 3 is 2.36 bits per heavy atom. The number of aromatic nitrogens is 3. The van der Waals surface area contributed by atoms with Crippen molar-refractivity contribution >= 4 is 28.5 Å². The van der Waals surface area contributed by atoms with E-state index < -0.39 is 51.1 Å². The molecule has 3 aromatic rings. The van der Waals surface area contributed by atoms with E-state index in [4.69, 9.17) is 0 Å². The number of nitrogens with zero attached hydrogens (tertiary/aromatic N) is 5. The van der Waals surface area contributed by atoms with Crippen LogP contribution >= 0.6 is 0 Å². The number of aryl methyl sites for hydroxylation is 1. The van der Waals surface area contributed by atoms with Crippen LogP contribution in [-0.4, -0.2) is 51.8 Å². The summed E-state index contributed by atoms with van der Waals surface area (Å²) in [6, 6.07) is 2.34. The summed E-state index contributed by atoms with van der Waals surface area (Å²) in [5.41, 5.74) is -4.45. The molecule has 1 aliphatic rings. The lowest BCUT2D eigenvalue weighted by Gasteiger charge is -2.28. The maximum absolute atomic E-state index is 15.2. The van der Waals surface area contributed by atoms with Crippen LogP contribution in [0, 0.1) is 5.82 Å². The highest BCUT2D eigenvalue weighted by atomic mass is 19.4. The molecule has 4 rings (SSSR count). The van der Waals surface area contributed by atoms with Gasteiger partial charge in [-0.2, -0.15) is 13.2 Å². The minimum Gasteiger partial charge on any atom is -0.477 e. The molecule has 1 aliphatic heterocycles. The third kappa shape index (κ3) is 4.08. The number of rotatable bonds is 3. The predicted molar refractivity (Wildman–Crippen MR) is 112 cm³/mol. The SMILES string of the molecule is Cn1cc(C(=O)O)c(=O)c2cc(F)c(N3CCCN(c4ncccn4)CC3)c(C(F)(F)F)c21. The standard InChI is InChI=1S/C21H19F4N5O3/c1-28-11-13(19(32)33)18(31)12-10-14(22)17(15(16(12)28)21(23,24)25)29-6-3-7-30(9-8-29)20-26-4-2-5-27-20/h2,4-5,10-11H,3,6-9H2,1H3,(H,32,33). The van der Waals surface area contributed by atoms with Crippen molar-refractivity contribution in [2.24, 2.45) is 7.05 Å². The van der Waals surface area contributed by atoms with Crippen molar-refractivity contribution in [3.8, 4) is 0 Å². The van der Waals surface area contributed by atoms with Gasteiger partial charge in [-0.15, -0.1) is 0 Å². The molecular formula is C21H19F4N5O3. The van der Waals surface area contributed by atoms with Crippen LogP contribution in [0.4, 0.5) is 29.2 Å². The van der Waals surface area contributed by atoms with Crippen molar-refractivity contribution in [1.82, 2.24) is 14.5 Å². The highest BCUT2D eigenvalue weighted by Crippen LogP contribution is 2.42. The molecule has 0 unspecified atom stereocenters. The number of pyridine rings is 1. The van der Waals surface area contributed by atoms with E-state index in [1.165, 1.54) is 11.9 Å². The molecule has 2 aromatic heterocycles. The molecule has 174 valence electrons. The summed E-state index contributed by atoms with van der Waals surface area (Å²) >= 11 is 0. The van der Waals surface area contributed by atoms with Crippen molar-refractivity contribution in [2.45, 2.75) is 12.6 Å². The molecule has 0 radical (unpaired) electrons. The average Bonchev–Trinajstić information content (AvgIpc) is 3.01. The fourth-order valence-corrected chi connectivity index (χ4v) is 4.16. The van der Waals surface area contributed by atoms with Crippen LogP contribution in [-0.2, 0) is 13.2 Å². The van der Waals surface area contributed by atoms with Gasteiger partial charge in [-0.3, -0.25) is 4.79 Å². The predicted octanol–water partition coefficient (Wildman–Crippen LogP) is 2.90. The van der Waals surface area contributed by atoms with Gasteiger partial charge in [0.25, 0.3) is 0 Å². The van der Waals surface area contributed by atoms with Crippen LogP contribution in [0.15, 0.2) is 35.5 Å². The first-order chi connectivity index (χ1) is 15.6. The van der Waals surface area contributed by atoms with Gasteiger partial charge in [0.15, 0.2) is 0 Å². The number of fused-ring (bicyclic) bond motifs is 1. The first-order valence-corrected chi connectivity index (χ1v) is 10.0. The molecule has 0 aliphatic carbocycles. The maximum Gasteiger partial charge on any atom is 0.420 e. The van der Waals surface area contributed by atoms with E-state index in [2.05, 4.69) is 9.97 Å². The lowest BCUT2D eigenvalue weighted by molar-refractivity contribution is -0.136. The summed E-state index contributed by atoms with van der Waals surface area (Å²) in [6.07, 6.45) is -0.646. The zero-order valence-electron chi connectivity index (χ0n) is 17.4. The second-order valence-electron chi connectivity index (χ2n) is 7.64. The number of carboxylic acids is 1. The van der Waals surface area contributed by atoms with Gasteiger partial charge in [0.05, 0.1) is 16.6 Å². The molecule has 3 heterocycles. The number of anilines is 2. The van der Waals surface area contributed by atoms with Crippen molar-refractivity contribution in [3.05, 3.63) is 57.9 Å². The van der Waals surface area contributed by atoms with E-state index >= 15 is 4.39 Å². The summed E-state index contributed by atoms with van der Waals surface area (Å²) in [7, 11) is 1.20. The van der Waals surface area contributed by atoms with Crippen LogP contribution in [0.2, 0.25) is 0 Å². The largest absolute Gasteiger partial charge is 0.477 e. The van der Waals surface area contributed by atoms with Crippen LogP contribution in [0.5, 0.6) is 0 Å². The molecule has 0 saturated carbocycles. The maximum atomic E-state index is 15.2. The van der Waals surface area contributed by atoms with Crippen LogP contribution in [0.3, 0.4) is 0 Å². The van der Waals surface area contributed by atoms with Crippen molar-refractivity contribution < 1.29 is 27.5 Å². The number of benzene rings is 1. The Bertz CT molecular complexity index is 1280. The summed E-state index contributed by atoms with van der Waals surface area (Å²) in [5, 5.41) is 8.57. The zero-order chi connectivity index (χ0) is 23.9. The van der Waals surface area contributed by atoms with E-state index in [0.29, 0.717) is 25.0 Å². The molecule has 0 bridgehead atoms. The third-order valence-corrected chi connectivity index (χ3v) is 5.55. The van der Waals surface area contributed by atoms with E-state index in [-0.39, 0.29) is 19.6 Å². The Hall–Kier alpha value is -3.70. The average molecular weight is 465 g/mol. The van der Waals surface area contributed by atoms with Gasteiger partial charge in [0, 0.05) is 51.8 Å². The Kier molecular flexibility index (Phi) is 5.68. The number of alkyl halides is 3. The van der Waals surface area contributed by atoms with Crippen LogP contribution in [0.25, 0.3) is 10.9 Å². The number of hydrogen-bond donors (Lipinski definition) is 1. The Morgan fingerprint density at radius 2 is 1.73 bits per heavy atom. The van der Waals surface area contributed by atoms with Gasteiger partial charge < -0.3 is 19.5 Å². The molecule has 1 N–H and O–H groups in total. The zero-order valence-corrected chi connectivity index (χ0v) is 17.4. The van der Waals surface area contributed by atoms with Crippen LogP contribution < -0.4 is 15.2 Å². The summed E-state index contributed by atoms with van der Waals surface area (Å²) in [5.74, 6) is -2.41. The lowest BCUT2D eigenvalue weighted by atomic mass is 10.0. The van der Waals surface area contributed by atoms with E-state index in [1.54, 1.807) is 23.4 Å². The first kappa shape index (κ1) is 22.5. The number of carbonyl (C=O) groups is 1. The fraction of sp³-hybridized carbons (Fsp3) is 0.333. The van der Waals surface area contributed by atoms with Crippen molar-refractivity contribution in [1.29, 1.82) is 0 Å². The monoisotopic (exact) mass is 465 g/mol. The molecule has 8 nitrogen and oxygen atoms in total. The minimum absolute atomic E-state index is 0.0604. The quantitative estimate of drug-likeness (QED) is 0.595. The number of carboxylic acid groups (broad SMARTS) is 1. The van der Waals surface area contributed by atoms with Gasteiger partial charge in [0.1, 0.15) is 16.9 Å². The molecule has 1 fully saturated rings. The number of halogens is 4. The van der Waals surface area contributed by atoms with Gasteiger partial charge in [-0.25, -0.2) is 19.2 Å². The Labute approximate surface area is 184 Å². The Balaban J connectivity index is 1.86. The van der Waals surface area contributed by atoms with Gasteiger partial charge in [-0.1, -0.05) is 0 Å². The molecule has 0 spiro atoms. The van der Waals surface area contributed by atoms with Crippen molar-refractivity contribution in [3.63, 3.8) is 0 Å². The molecule has 33 heavy (non-hydrogen) atoms. The summed E-state index contributed by atoms with van der Waals surface area (Å²) in [6.45, 7) is 0.925. The highest BCUT2D eigenvalue weighted by Gasteiger charge is 2.41. The normalized spacial score (nSPS) is 15.1. The second kappa shape index (κ2) is 8.34. The minimum atomic E-state index is -5.00. The van der Waals surface area contributed by atoms with Gasteiger partial charge >= 0.3 is 12.1 Å². The molecule has 0 amide bonds. The molecule has 1 aromatic carbocycles. The smallest absolute Gasteiger partial charge is 0.420 e. The fourth-order valence-electron chi connectivity index (χ4n) is 4.16. The molecule has 12 heteroatoms. The Morgan fingerprint density at radius 1 is 1.09 bits per heavy atom. The van der Waals surface area contributed by atoms with E-state index in [9.17, 15) is 27.9 Å². The number of hydrogen-bond acceptors (Lipinski definition) is 6. The molecule has 0 atom stereocenters. The van der Waals surface area contributed by atoms with Gasteiger partial charge in [-0.05, 0) is 18.6 Å². The van der Waals surface area contributed by atoms with E-state index in [1.807, 2.05) is 0 Å². The molecular weight excluding hydrogens is 446 g/mol. The highest BCUT2D eigenvalue weighted by molar-refractivity contribution is 5.95. The van der Waals surface area contributed by atoms with Crippen molar-refractivity contribution in [2.75, 3.05) is 36.0 Å². The lowest BCUT2D eigenvalue weighted by Crippen LogP contribution is -2.33. The number of aromatic carboxylic acids is 1. The molecule has 1 saturated heterocycles. The van der Waals surface area contributed by atoms with Gasteiger partial charge in [0.2, 0.25) is 11.4 Å². The summed E-state index contributed by atoms with van der Waals surface area (Å²) < 4.78 is 58.9.